The van der Waals surface area contributed by atoms with E-state index in [2.05, 4.69) is 4.99 Å². The zero-order valence-corrected chi connectivity index (χ0v) is 10.4. The number of nitrogens with two attached hydrogens (primary N) is 2. The summed E-state index contributed by atoms with van der Waals surface area (Å²) in [5.74, 6) is -0.472. The smallest absolute Gasteiger partial charge is 0.101 e. The molecule has 0 aliphatic heterocycles. The van der Waals surface area contributed by atoms with Gasteiger partial charge in [-0.25, -0.2) is 0 Å². The molecule has 0 spiro atoms. The molecule has 1 unspecified atom stereocenters. The first kappa shape index (κ1) is 14.3. The highest BCUT2D eigenvalue weighted by atomic mass is 35.5. The summed E-state index contributed by atoms with van der Waals surface area (Å²) in [5, 5.41) is 9.12. The Balaban J connectivity index is 2.81. The summed E-state index contributed by atoms with van der Waals surface area (Å²) in [6, 6.07) is 6.95. The van der Waals surface area contributed by atoms with E-state index in [4.69, 9.17) is 36.2 Å². The topological polar surface area (TPSA) is 88.2 Å². The minimum atomic E-state index is -0.472. The fourth-order valence-corrected chi connectivity index (χ4v) is 1.42. The maximum atomic E-state index is 8.75. The highest BCUT2D eigenvalue weighted by Crippen LogP contribution is 2.19. The lowest BCUT2D eigenvalue weighted by molar-refractivity contribution is 0.904. The Labute approximate surface area is 112 Å². The van der Waals surface area contributed by atoms with Crippen LogP contribution >= 0.6 is 11.6 Å². The standard InChI is InChI=1S/C12H12BClN4/c13-12(17)7-18-4-3-11(16)8-1-2-9(6-15)10(14)5-8/h1-5,12H,7,16-17H2. The van der Waals surface area contributed by atoms with E-state index in [-0.39, 0.29) is 0 Å². The highest BCUT2D eigenvalue weighted by Gasteiger charge is 2.02. The molecule has 1 aromatic carbocycles. The van der Waals surface area contributed by atoms with E-state index in [0.29, 0.717) is 22.8 Å². The molecule has 1 atom stereocenters. The predicted molar refractivity (Wildman–Crippen MR) is 75.4 cm³/mol. The molecule has 0 saturated heterocycles. The van der Waals surface area contributed by atoms with Crippen LogP contribution < -0.4 is 11.5 Å². The number of halogens is 1. The van der Waals surface area contributed by atoms with Crippen molar-refractivity contribution in [1.29, 1.82) is 5.26 Å². The first-order chi connectivity index (χ1) is 8.54. The lowest BCUT2D eigenvalue weighted by Gasteiger charge is -2.02. The van der Waals surface area contributed by atoms with Crippen molar-refractivity contribution in [3.63, 3.8) is 0 Å². The molecule has 0 heterocycles. The van der Waals surface area contributed by atoms with Gasteiger partial charge in [-0.2, -0.15) is 5.26 Å². The van der Waals surface area contributed by atoms with E-state index in [0.717, 1.165) is 5.56 Å². The van der Waals surface area contributed by atoms with E-state index in [1.54, 1.807) is 24.3 Å². The summed E-state index contributed by atoms with van der Waals surface area (Å²) < 4.78 is 0. The van der Waals surface area contributed by atoms with Crippen molar-refractivity contribution in [2.75, 3.05) is 6.54 Å². The van der Waals surface area contributed by atoms with Crippen molar-refractivity contribution in [3.8, 4) is 6.07 Å². The van der Waals surface area contributed by atoms with Gasteiger partial charge in [0.25, 0.3) is 0 Å². The van der Waals surface area contributed by atoms with Gasteiger partial charge < -0.3 is 11.5 Å². The van der Waals surface area contributed by atoms with Crippen molar-refractivity contribution in [2.24, 2.45) is 16.5 Å². The third-order valence-corrected chi connectivity index (χ3v) is 2.41. The van der Waals surface area contributed by atoms with Crippen molar-refractivity contribution in [1.82, 2.24) is 0 Å². The maximum absolute atomic E-state index is 8.75. The van der Waals surface area contributed by atoms with Crippen molar-refractivity contribution < 1.29 is 0 Å². The maximum Gasteiger partial charge on any atom is 0.101 e. The lowest BCUT2D eigenvalue weighted by Crippen LogP contribution is -2.23. The number of nitriles is 1. The van der Waals surface area contributed by atoms with Crippen LogP contribution in [0.2, 0.25) is 5.02 Å². The molecule has 0 aromatic heterocycles. The molecule has 2 radical (unpaired) electrons. The summed E-state index contributed by atoms with van der Waals surface area (Å²) in [6.45, 7) is 0.331. The summed E-state index contributed by atoms with van der Waals surface area (Å²) in [4.78, 5) is 3.98. The number of benzene rings is 1. The van der Waals surface area contributed by atoms with Gasteiger partial charge in [-0.05, 0) is 29.7 Å². The van der Waals surface area contributed by atoms with Crippen LogP contribution in [0.1, 0.15) is 11.1 Å². The van der Waals surface area contributed by atoms with Crippen LogP contribution in [0.4, 0.5) is 0 Å². The SMILES string of the molecule is [B]C(N)CN=CC=C(N)c1ccc(C#N)c(Cl)c1. The quantitative estimate of drug-likeness (QED) is 0.624. The third-order valence-electron chi connectivity index (χ3n) is 2.10. The number of nitrogens with zero attached hydrogens (tertiary/aromatic N) is 2. The fraction of sp³-hybridized carbons (Fsp3) is 0.167. The van der Waals surface area contributed by atoms with Gasteiger partial charge in [0.05, 0.1) is 18.4 Å². The first-order valence-corrected chi connectivity index (χ1v) is 5.59. The highest BCUT2D eigenvalue weighted by molar-refractivity contribution is 6.31. The van der Waals surface area contributed by atoms with Gasteiger partial charge in [0.1, 0.15) is 6.07 Å². The predicted octanol–water partition coefficient (Wildman–Crippen LogP) is 1.04. The van der Waals surface area contributed by atoms with E-state index in [1.807, 2.05) is 6.07 Å². The number of hydrogen-bond donors (Lipinski definition) is 2. The summed E-state index contributed by atoms with van der Waals surface area (Å²) in [7, 11) is 5.34. The largest absolute Gasteiger partial charge is 0.398 e. The Morgan fingerprint density at radius 2 is 2.33 bits per heavy atom. The van der Waals surface area contributed by atoms with Crippen LogP contribution in [-0.2, 0) is 0 Å². The average Bonchev–Trinajstić information content (AvgIpc) is 2.34. The molecule has 0 amide bonds. The number of rotatable bonds is 4. The Bertz CT molecular complexity index is 517. The van der Waals surface area contributed by atoms with Gasteiger partial charge in [-0.15, -0.1) is 0 Å². The molecule has 90 valence electrons. The van der Waals surface area contributed by atoms with Crippen LogP contribution in [0.3, 0.4) is 0 Å². The zero-order valence-electron chi connectivity index (χ0n) is 9.68. The monoisotopic (exact) mass is 258 g/mol. The molecule has 0 fully saturated rings. The molecule has 4 N–H and O–H groups in total. The van der Waals surface area contributed by atoms with Gasteiger partial charge in [-0.1, -0.05) is 17.7 Å². The summed E-state index contributed by atoms with van der Waals surface area (Å²) in [6.07, 6.45) is 3.16. The molecular weight excluding hydrogens is 246 g/mol. The molecule has 4 nitrogen and oxygen atoms in total. The second-order valence-corrected chi connectivity index (χ2v) is 4.01. The fourth-order valence-electron chi connectivity index (χ4n) is 1.20. The van der Waals surface area contributed by atoms with Gasteiger partial charge in [-0.3, -0.25) is 4.99 Å². The minimum absolute atomic E-state index is 0.331. The molecule has 6 heteroatoms. The van der Waals surface area contributed by atoms with E-state index >= 15 is 0 Å². The van der Waals surface area contributed by atoms with Crippen LogP contribution in [-0.4, -0.2) is 26.5 Å². The van der Waals surface area contributed by atoms with Crippen LogP contribution in [0.25, 0.3) is 5.70 Å². The average molecular weight is 259 g/mol. The van der Waals surface area contributed by atoms with E-state index < -0.39 is 5.94 Å². The second-order valence-electron chi connectivity index (χ2n) is 3.61. The Hall–Kier alpha value is -1.77. The van der Waals surface area contributed by atoms with Gasteiger partial charge in [0, 0.05) is 18.5 Å². The van der Waals surface area contributed by atoms with Gasteiger partial charge in [0.15, 0.2) is 0 Å². The van der Waals surface area contributed by atoms with Gasteiger partial charge in [0.2, 0.25) is 0 Å². The van der Waals surface area contributed by atoms with Gasteiger partial charge >= 0.3 is 0 Å². The Morgan fingerprint density at radius 3 is 2.89 bits per heavy atom. The van der Waals surface area contributed by atoms with Crippen molar-refractivity contribution in [3.05, 3.63) is 40.4 Å². The zero-order chi connectivity index (χ0) is 13.5. The molecule has 0 saturated carbocycles. The van der Waals surface area contributed by atoms with E-state index in [1.165, 1.54) is 6.21 Å². The molecule has 0 bridgehead atoms. The van der Waals surface area contributed by atoms with Crippen LogP contribution in [0.5, 0.6) is 0 Å². The molecule has 1 rings (SSSR count). The van der Waals surface area contributed by atoms with Crippen LogP contribution in [0.15, 0.2) is 29.3 Å². The Morgan fingerprint density at radius 1 is 1.61 bits per heavy atom. The number of hydrogen-bond acceptors (Lipinski definition) is 4. The van der Waals surface area contributed by atoms with Crippen molar-refractivity contribution in [2.45, 2.75) is 5.94 Å². The van der Waals surface area contributed by atoms with Crippen molar-refractivity contribution >= 4 is 31.4 Å². The second kappa shape index (κ2) is 6.85. The van der Waals surface area contributed by atoms with E-state index in [9.17, 15) is 0 Å². The molecule has 0 aliphatic rings. The normalized spacial score (nSPS) is 13.5. The lowest BCUT2D eigenvalue weighted by atomic mass is 9.98. The minimum Gasteiger partial charge on any atom is -0.398 e. The number of allylic oxidation sites excluding steroid dienone is 1. The summed E-state index contributed by atoms with van der Waals surface area (Å²) in [5.41, 5.74) is 12.8. The summed E-state index contributed by atoms with van der Waals surface area (Å²) >= 11 is 5.90. The number of aliphatic imine (C=N–C) groups is 1. The molecular formula is C12H12BClN4. The van der Waals surface area contributed by atoms with Crippen LogP contribution in [0, 0.1) is 11.3 Å². The third kappa shape index (κ3) is 4.25. The Kier molecular flexibility index (Phi) is 5.44. The molecule has 18 heavy (non-hydrogen) atoms. The first-order valence-electron chi connectivity index (χ1n) is 5.21. The molecule has 0 aliphatic carbocycles. The molecule has 1 aromatic rings.